The molecule has 0 aromatic carbocycles. The van der Waals surface area contributed by atoms with Crippen molar-refractivity contribution in [2.45, 2.75) is 53.1 Å². The van der Waals surface area contributed by atoms with Gasteiger partial charge in [0, 0.05) is 30.9 Å². The van der Waals surface area contributed by atoms with Crippen LogP contribution >= 0.6 is 0 Å². The second-order valence-electron chi connectivity index (χ2n) is 6.65. The van der Waals surface area contributed by atoms with Crippen LogP contribution < -0.4 is 5.32 Å². The van der Waals surface area contributed by atoms with Crippen molar-refractivity contribution in [3.8, 4) is 11.3 Å². The molecule has 0 aliphatic carbocycles. The molecular formula is C18H26N6O2. The van der Waals surface area contributed by atoms with Crippen molar-refractivity contribution >= 4 is 11.8 Å². The molecule has 3 heterocycles. The number of hydrogen-bond acceptors (Lipinski definition) is 4. The Morgan fingerprint density at radius 2 is 2.12 bits per heavy atom. The van der Waals surface area contributed by atoms with Gasteiger partial charge in [-0.1, -0.05) is 13.8 Å². The number of rotatable bonds is 5. The fourth-order valence-electron chi connectivity index (χ4n) is 3.57. The Bertz CT molecular complexity index is 822. The number of aromatic amines is 1. The molecule has 8 nitrogen and oxygen atoms in total. The Hall–Kier alpha value is -2.64. The van der Waals surface area contributed by atoms with Gasteiger partial charge in [-0.05, 0) is 32.8 Å². The van der Waals surface area contributed by atoms with Crippen LogP contribution in [0, 0.1) is 13.8 Å². The number of H-pyrrole nitrogens is 1. The van der Waals surface area contributed by atoms with Crippen LogP contribution in [0.5, 0.6) is 0 Å². The first-order valence-electron chi connectivity index (χ1n) is 9.16. The predicted octanol–water partition coefficient (Wildman–Crippen LogP) is 1.65. The maximum Gasteiger partial charge on any atom is 0.272 e. The fraction of sp³-hybridized carbons (Fsp3) is 0.556. The van der Waals surface area contributed by atoms with Crippen LogP contribution in [0.4, 0.5) is 0 Å². The Morgan fingerprint density at radius 1 is 1.35 bits per heavy atom. The van der Waals surface area contributed by atoms with E-state index in [-0.39, 0.29) is 11.8 Å². The molecule has 26 heavy (non-hydrogen) atoms. The highest BCUT2D eigenvalue weighted by Crippen LogP contribution is 2.26. The Labute approximate surface area is 152 Å². The monoisotopic (exact) mass is 358 g/mol. The van der Waals surface area contributed by atoms with Crippen LogP contribution in [0.2, 0.25) is 0 Å². The van der Waals surface area contributed by atoms with Crippen LogP contribution in [0.1, 0.15) is 48.6 Å². The number of hydrogen-bond donors (Lipinski definition) is 2. The summed E-state index contributed by atoms with van der Waals surface area (Å²) in [7, 11) is 0. The van der Waals surface area contributed by atoms with Crippen LogP contribution in [-0.4, -0.2) is 55.8 Å². The topological polar surface area (TPSA) is 95.9 Å². The molecule has 1 saturated heterocycles. The lowest BCUT2D eigenvalue weighted by Gasteiger charge is -2.34. The summed E-state index contributed by atoms with van der Waals surface area (Å²) in [5.41, 5.74) is 4.00. The zero-order valence-corrected chi connectivity index (χ0v) is 15.8. The fourth-order valence-corrected chi connectivity index (χ4v) is 3.57. The van der Waals surface area contributed by atoms with Crippen LogP contribution in [0.3, 0.4) is 0 Å². The van der Waals surface area contributed by atoms with Crippen molar-refractivity contribution in [3.05, 3.63) is 23.1 Å². The molecule has 1 aliphatic heterocycles. The van der Waals surface area contributed by atoms with Gasteiger partial charge in [0.2, 0.25) is 5.91 Å². The number of aromatic nitrogens is 4. The zero-order chi connectivity index (χ0) is 18.8. The van der Waals surface area contributed by atoms with Gasteiger partial charge in [-0.15, -0.1) is 0 Å². The molecule has 2 aromatic heterocycles. The third-order valence-corrected chi connectivity index (χ3v) is 4.86. The number of amides is 2. The molecule has 0 bridgehead atoms. The Morgan fingerprint density at radius 3 is 2.81 bits per heavy atom. The summed E-state index contributed by atoms with van der Waals surface area (Å²) in [6.07, 6.45) is 1.59. The smallest absolute Gasteiger partial charge is 0.272 e. The third-order valence-electron chi connectivity index (χ3n) is 4.86. The molecule has 8 heteroatoms. The van der Waals surface area contributed by atoms with E-state index in [1.54, 1.807) is 11.0 Å². The first-order valence-corrected chi connectivity index (χ1v) is 9.16. The molecule has 0 saturated carbocycles. The minimum absolute atomic E-state index is 0.0978. The maximum atomic E-state index is 12.9. The van der Waals surface area contributed by atoms with E-state index in [4.69, 9.17) is 0 Å². The molecular weight excluding hydrogens is 332 g/mol. The van der Waals surface area contributed by atoms with E-state index in [1.165, 1.54) is 0 Å². The van der Waals surface area contributed by atoms with Gasteiger partial charge in [0.25, 0.3) is 5.91 Å². The SMILES string of the molecule is CCCn1nc(C)c(-c2cc(C(=O)N3CCNC(=O)[C@H]3CC)[nH]n2)c1C. The number of aryl methyl sites for hydroxylation is 2. The van der Waals surface area contributed by atoms with Crippen molar-refractivity contribution in [1.29, 1.82) is 0 Å². The van der Waals surface area contributed by atoms with E-state index in [1.807, 2.05) is 25.5 Å². The van der Waals surface area contributed by atoms with Crippen molar-refractivity contribution < 1.29 is 9.59 Å². The van der Waals surface area contributed by atoms with E-state index in [2.05, 4.69) is 27.5 Å². The molecule has 2 aromatic rings. The number of nitrogens with zero attached hydrogens (tertiary/aromatic N) is 4. The summed E-state index contributed by atoms with van der Waals surface area (Å²) >= 11 is 0. The van der Waals surface area contributed by atoms with Gasteiger partial charge in [0.05, 0.1) is 11.4 Å². The molecule has 140 valence electrons. The number of piperazine rings is 1. The van der Waals surface area contributed by atoms with Gasteiger partial charge in [-0.3, -0.25) is 19.4 Å². The summed E-state index contributed by atoms with van der Waals surface area (Å²) in [4.78, 5) is 26.5. The second-order valence-corrected chi connectivity index (χ2v) is 6.65. The largest absolute Gasteiger partial charge is 0.353 e. The van der Waals surface area contributed by atoms with E-state index >= 15 is 0 Å². The van der Waals surface area contributed by atoms with Crippen molar-refractivity contribution in [3.63, 3.8) is 0 Å². The van der Waals surface area contributed by atoms with Gasteiger partial charge in [-0.25, -0.2) is 0 Å². The van der Waals surface area contributed by atoms with Crippen LogP contribution in [-0.2, 0) is 11.3 Å². The highest BCUT2D eigenvalue weighted by molar-refractivity contribution is 5.97. The van der Waals surface area contributed by atoms with E-state index < -0.39 is 6.04 Å². The van der Waals surface area contributed by atoms with Crippen molar-refractivity contribution in [2.24, 2.45) is 0 Å². The number of nitrogens with one attached hydrogen (secondary N) is 2. The van der Waals surface area contributed by atoms with Crippen LogP contribution in [0.25, 0.3) is 11.3 Å². The second kappa shape index (κ2) is 7.31. The van der Waals surface area contributed by atoms with Crippen molar-refractivity contribution in [1.82, 2.24) is 30.2 Å². The first-order chi connectivity index (χ1) is 12.5. The van der Waals surface area contributed by atoms with Crippen molar-refractivity contribution in [2.75, 3.05) is 13.1 Å². The van der Waals surface area contributed by atoms with Gasteiger partial charge in [-0.2, -0.15) is 10.2 Å². The molecule has 2 amide bonds. The summed E-state index contributed by atoms with van der Waals surface area (Å²) in [6, 6.07) is 1.33. The summed E-state index contributed by atoms with van der Waals surface area (Å²) in [5.74, 6) is -0.291. The summed E-state index contributed by atoms with van der Waals surface area (Å²) in [5, 5.41) is 14.6. The minimum atomic E-state index is -0.432. The lowest BCUT2D eigenvalue weighted by Crippen LogP contribution is -2.56. The van der Waals surface area contributed by atoms with Gasteiger partial charge in [0.15, 0.2) is 0 Å². The molecule has 3 rings (SSSR count). The number of carbonyl (C=O) groups excluding carboxylic acids is 2. The summed E-state index contributed by atoms with van der Waals surface area (Å²) < 4.78 is 1.98. The minimum Gasteiger partial charge on any atom is -0.353 e. The molecule has 1 atom stereocenters. The van der Waals surface area contributed by atoms with Crippen LogP contribution in [0.15, 0.2) is 6.07 Å². The summed E-state index contributed by atoms with van der Waals surface area (Å²) in [6.45, 7) is 9.82. The van der Waals surface area contributed by atoms with E-state index in [0.717, 1.165) is 29.9 Å². The first kappa shape index (κ1) is 18.2. The molecule has 1 aliphatic rings. The quantitative estimate of drug-likeness (QED) is 0.849. The standard InChI is InChI=1S/C18H26N6O2/c1-5-8-24-12(4)16(11(3)22-24)13-10-14(21-20-13)18(26)23-9-7-19-17(25)15(23)6-2/h10,15H,5-9H2,1-4H3,(H,19,25)(H,20,21)/t15-/m1/s1. The lowest BCUT2D eigenvalue weighted by atomic mass is 10.1. The molecule has 1 fully saturated rings. The van der Waals surface area contributed by atoms with Gasteiger partial charge >= 0.3 is 0 Å². The van der Waals surface area contributed by atoms with E-state index in [9.17, 15) is 9.59 Å². The zero-order valence-electron chi connectivity index (χ0n) is 15.8. The average Bonchev–Trinajstić information content (AvgIpc) is 3.19. The third kappa shape index (κ3) is 3.11. The predicted molar refractivity (Wildman–Crippen MR) is 97.7 cm³/mol. The molecule has 0 spiro atoms. The molecule has 0 unspecified atom stereocenters. The highest BCUT2D eigenvalue weighted by atomic mass is 16.2. The Balaban J connectivity index is 1.88. The lowest BCUT2D eigenvalue weighted by molar-refractivity contribution is -0.127. The normalized spacial score (nSPS) is 17.5. The Kier molecular flexibility index (Phi) is 5.11. The van der Waals surface area contributed by atoms with Gasteiger partial charge in [0.1, 0.15) is 11.7 Å². The van der Waals surface area contributed by atoms with Gasteiger partial charge < -0.3 is 10.2 Å². The van der Waals surface area contributed by atoms with E-state index in [0.29, 0.717) is 30.9 Å². The maximum absolute atomic E-state index is 12.9. The molecule has 0 radical (unpaired) electrons. The number of carbonyl (C=O) groups is 2. The highest BCUT2D eigenvalue weighted by Gasteiger charge is 2.33. The molecule has 2 N–H and O–H groups in total. The average molecular weight is 358 g/mol.